The first-order valence-electron chi connectivity index (χ1n) is 7.46. The molecule has 1 aromatic heterocycles. The molecule has 2 aromatic carbocycles. The minimum absolute atomic E-state index is 0.0664. The second kappa shape index (κ2) is 6.54. The van der Waals surface area contributed by atoms with Crippen LogP contribution in [0, 0.1) is 5.82 Å². The maximum Gasteiger partial charge on any atom is 0.175 e. The highest BCUT2D eigenvalue weighted by atomic mass is 32.2. The summed E-state index contributed by atoms with van der Waals surface area (Å²) in [5, 5.41) is 1.87. The molecular weight excluding hydrogens is 359 g/mol. The Balaban J connectivity index is 2.17. The van der Waals surface area contributed by atoms with Gasteiger partial charge in [0.1, 0.15) is 5.82 Å². The minimum Gasteiger partial charge on any atom is -0.294 e. The molecule has 25 heavy (non-hydrogen) atoms. The molecule has 0 radical (unpaired) electrons. The highest BCUT2D eigenvalue weighted by Crippen LogP contribution is 2.40. The summed E-state index contributed by atoms with van der Waals surface area (Å²) in [5.74, 6) is -0.411. The maximum absolute atomic E-state index is 13.2. The third-order valence-electron chi connectivity index (χ3n) is 3.84. The smallest absolute Gasteiger partial charge is 0.175 e. The van der Waals surface area contributed by atoms with Crippen LogP contribution in [0.15, 0.2) is 58.8 Å². The van der Waals surface area contributed by atoms with E-state index in [4.69, 9.17) is 0 Å². The first kappa shape index (κ1) is 17.5. The van der Waals surface area contributed by atoms with Crippen LogP contribution < -0.4 is 0 Å². The molecular formula is C19H15FO3S2. The average molecular weight is 374 g/mol. The van der Waals surface area contributed by atoms with E-state index in [0.29, 0.717) is 4.88 Å². The summed E-state index contributed by atoms with van der Waals surface area (Å²) in [6, 6.07) is 12.5. The van der Waals surface area contributed by atoms with E-state index < -0.39 is 9.84 Å². The SMILES string of the molecule is CC(=O)c1scc(-c2ccc(S(C)(=O)=O)cc2)c1-c1ccc(F)cc1. The zero-order valence-electron chi connectivity index (χ0n) is 13.6. The molecule has 3 rings (SSSR count). The Kier molecular flexibility index (Phi) is 4.58. The Labute approximate surface area is 149 Å². The molecule has 0 unspecified atom stereocenters. The predicted molar refractivity (Wildman–Crippen MR) is 98.3 cm³/mol. The molecule has 0 atom stereocenters. The van der Waals surface area contributed by atoms with Crippen molar-refractivity contribution in [2.45, 2.75) is 11.8 Å². The van der Waals surface area contributed by atoms with Crippen molar-refractivity contribution < 1.29 is 17.6 Å². The maximum atomic E-state index is 13.2. The fourth-order valence-electron chi connectivity index (χ4n) is 2.61. The van der Waals surface area contributed by atoms with E-state index >= 15 is 0 Å². The van der Waals surface area contributed by atoms with Crippen molar-refractivity contribution in [3.8, 4) is 22.3 Å². The number of sulfone groups is 1. The van der Waals surface area contributed by atoms with Crippen molar-refractivity contribution in [2.24, 2.45) is 0 Å². The van der Waals surface area contributed by atoms with E-state index in [-0.39, 0.29) is 16.5 Å². The molecule has 128 valence electrons. The Bertz CT molecular complexity index is 1030. The summed E-state index contributed by atoms with van der Waals surface area (Å²) in [5.41, 5.74) is 3.11. The van der Waals surface area contributed by atoms with Crippen LogP contribution in [-0.2, 0) is 9.84 Å². The lowest BCUT2D eigenvalue weighted by molar-refractivity contribution is 0.102. The molecule has 0 aliphatic heterocycles. The molecule has 0 N–H and O–H groups in total. The number of halogens is 1. The van der Waals surface area contributed by atoms with Gasteiger partial charge in [0.15, 0.2) is 15.6 Å². The normalized spacial score (nSPS) is 11.5. The van der Waals surface area contributed by atoms with Gasteiger partial charge in [0.25, 0.3) is 0 Å². The zero-order valence-corrected chi connectivity index (χ0v) is 15.2. The number of benzene rings is 2. The standard InChI is InChI=1S/C19H15FO3S2/c1-12(21)19-18(14-3-7-15(20)8-4-14)17(11-24-19)13-5-9-16(10-6-13)25(2,22)23/h3-11H,1-2H3. The number of ketones is 1. The molecule has 0 spiro atoms. The molecule has 0 aliphatic rings. The van der Waals surface area contributed by atoms with E-state index in [2.05, 4.69) is 0 Å². The number of rotatable bonds is 4. The van der Waals surface area contributed by atoms with E-state index in [9.17, 15) is 17.6 Å². The van der Waals surface area contributed by atoms with Gasteiger partial charge in [-0.25, -0.2) is 12.8 Å². The van der Waals surface area contributed by atoms with Crippen molar-refractivity contribution >= 4 is 27.0 Å². The molecule has 0 bridgehead atoms. The van der Waals surface area contributed by atoms with Crippen LogP contribution in [-0.4, -0.2) is 20.5 Å². The fourth-order valence-corrected chi connectivity index (χ4v) is 4.25. The van der Waals surface area contributed by atoms with Crippen LogP contribution in [0.3, 0.4) is 0 Å². The summed E-state index contributed by atoms with van der Waals surface area (Å²) in [6.07, 6.45) is 1.16. The summed E-state index contributed by atoms with van der Waals surface area (Å²) in [6.45, 7) is 1.50. The second-order valence-corrected chi connectivity index (χ2v) is 8.61. The zero-order chi connectivity index (χ0) is 18.2. The van der Waals surface area contributed by atoms with Gasteiger partial charge in [-0.3, -0.25) is 4.79 Å². The lowest BCUT2D eigenvalue weighted by Crippen LogP contribution is -1.96. The summed E-state index contributed by atoms with van der Waals surface area (Å²) < 4.78 is 36.5. The third-order valence-corrected chi connectivity index (χ3v) is 6.05. The van der Waals surface area contributed by atoms with Gasteiger partial charge in [-0.15, -0.1) is 11.3 Å². The number of carbonyl (C=O) groups excluding carboxylic acids is 1. The Hall–Kier alpha value is -2.31. The Morgan fingerprint density at radius 2 is 1.52 bits per heavy atom. The van der Waals surface area contributed by atoms with Crippen molar-refractivity contribution in [2.75, 3.05) is 6.26 Å². The van der Waals surface area contributed by atoms with Crippen LogP contribution in [0.5, 0.6) is 0 Å². The van der Waals surface area contributed by atoms with Crippen molar-refractivity contribution in [1.82, 2.24) is 0 Å². The highest BCUT2D eigenvalue weighted by molar-refractivity contribution is 7.90. The fraction of sp³-hybridized carbons (Fsp3) is 0.105. The minimum atomic E-state index is -3.27. The number of hydrogen-bond donors (Lipinski definition) is 0. The highest BCUT2D eigenvalue weighted by Gasteiger charge is 2.18. The van der Waals surface area contributed by atoms with Gasteiger partial charge >= 0.3 is 0 Å². The quantitative estimate of drug-likeness (QED) is 0.615. The predicted octanol–water partition coefficient (Wildman–Crippen LogP) is 4.83. The van der Waals surface area contributed by atoms with Gasteiger partial charge in [-0.05, 0) is 47.7 Å². The van der Waals surface area contributed by atoms with Crippen LogP contribution in [0.4, 0.5) is 4.39 Å². The molecule has 1 heterocycles. The lowest BCUT2D eigenvalue weighted by Gasteiger charge is -2.08. The topological polar surface area (TPSA) is 51.2 Å². The van der Waals surface area contributed by atoms with Gasteiger partial charge < -0.3 is 0 Å². The van der Waals surface area contributed by atoms with Gasteiger partial charge in [-0.1, -0.05) is 24.3 Å². The first-order chi connectivity index (χ1) is 11.8. The van der Waals surface area contributed by atoms with Crippen molar-refractivity contribution in [3.63, 3.8) is 0 Å². The van der Waals surface area contributed by atoms with Crippen LogP contribution in [0.25, 0.3) is 22.3 Å². The average Bonchev–Trinajstić information content (AvgIpc) is 3.00. The monoisotopic (exact) mass is 374 g/mol. The van der Waals surface area contributed by atoms with Gasteiger partial charge in [0.2, 0.25) is 0 Å². The third kappa shape index (κ3) is 3.55. The van der Waals surface area contributed by atoms with Crippen molar-refractivity contribution in [1.29, 1.82) is 0 Å². The first-order valence-corrected chi connectivity index (χ1v) is 10.2. The van der Waals surface area contributed by atoms with E-state index in [1.807, 2.05) is 5.38 Å². The molecule has 3 aromatic rings. The molecule has 6 heteroatoms. The molecule has 0 aliphatic carbocycles. The molecule has 3 nitrogen and oxygen atoms in total. The number of thiophene rings is 1. The molecule has 0 fully saturated rings. The lowest BCUT2D eigenvalue weighted by atomic mass is 9.96. The number of Topliss-reactive ketones (excluding diaryl/α,β-unsaturated/α-hetero) is 1. The number of hydrogen-bond acceptors (Lipinski definition) is 4. The summed E-state index contributed by atoms with van der Waals surface area (Å²) >= 11 is 1.33. The van der Waals surface area contributed by atoms with Crippen molar-refractivity contribution in [3.05, 3.63) is 64.6 Å². The largest absolute Gasteiger partial charge is 0.294 e. The van der Waals surface area contributed by atoms with Crippen LogP contribution in [0.1, 0.15) is 16.6 Å². The molecule has 0 saturated heterocycles. The van der Waals surface area contributed by atoms with Gasteiger partial charge in [-0.2, -0.15) is 0 Å². The number of carbonyl (C=O) groups is 1. The Morgan fingerprint density at radius 1 is 0.960 bits per heavy atom. The van der Waals surface area contributed by atoms with E-state index in [1.165, 1.54) is 30.4 Å². The van der Waals surface area contributed by atoms with Crippen LogP contribution >= 0.6 is 11.3 Å². The second-order valence-electron chi connectivity index (χ2n) is 5.71. The summed E-state index contributed by atoms with van der Waals surface area (Å²) in [4.78, 5) is 12.8. The van der Waals surface area contributed by atoms with Gasteiger partial charge in [0.05, 0.1) is 9.77 Å². The van der Waals surface area contributed by atoms with Gasteiger partial charge in [0, 0.05) is 17.4 Å². The van der Waals surface area contributed by atoms with E-state index in [0.717, 1.165) is 28.5 Å². The van der Waals surface area contributed by atoms with E-state index in [1.54, 1.807) is 36.4 Å². The molecule has 0 amide bonds. The van der Waals surface area contributed by atoms with Crippen LogP contribution in [0.2, 0.25) is 0 Å². The molecule has 0 saturated carbocycles. The summed E-state index contributed by atoms with van der Waals surface area (Å²) in [7, 11) is -3.27. The Morgan fingerprint density at radius 3 is 2.04 bits per heavy atom.